The van der Waals surface area contributed by atoms with Gasteiger partial charge in [-0.05, 0) is 18.8 Å². The number of amides is 2. The van der Waals surface area contributed by atoms with Crippen molar-refractivity contribution in [2.45, 2.75) is 18.9 Å². The summed E-state index contributed by atoms with van der Waals surface area (Å²) in [5.41, 5.74) is 0. The van der Waals surface area contributed by atoms with Gasteiger partial charge in [-0.3, -0.25) is 4.79 Å². The summed E-state index contributed by atoms with van der Waals surface area (Å²) in [6, 6.07) is -0.344. The van der Waals surface area contributed by atoms with E-state index in [1.54, 1.807) is 0 Å². The molecule has 7 heteroatoms. The zero-order valence-corrected chi connectivity index (χ0v) is 10.8. The van der Waals surface area contributed by atoms with E-state index in [2.05, 4.69) is 5.32 Å². The number of nitrogens with zero attached hydrogens (tertiary/aromatic N) is 1. The third kappa shape index (κ3) is 5.04. The Morgan fingerprint density at radius 2 is 2.11 bits per heavy atom. The second-order valence-electron chi connectivity index (χ2n) is 4.97. The second kappa shape index (κ2) is 6.72. The summed E-state index contributed by atoms with van der Waals surface area (Å²) in [5.74, 6) is -0.535. The van der Waals surface area contributed by atoms with Gasteiger partial charge in [0.2, 0.25) is 0 Å². The normalized spacial score (nSPS) is 22.8. The molecule has 0 spiro atoms. The van der Waals surface area contributed by atoms with Crippen molar-refractivity contribution in [1.82, 2.24) is 10.2 Å². The van der Waals surface area contributed by atoms with Crippen molar-refractivity contribution in [3.05, 3.63) is 0 Å². The molecule has 2 rings (SSSR count). The van der Waals surface area contributed by atoms with Crippen LogP contribution < -0.4 is 5.32 Å². The lowest BCUT2D eigenvalue weighted by Crippen LogP contribution is -2.47. The lowest BCUT2D eigenvalue weighted by molar-refractivity contribution is -0.137. The molecule has 0 aromatic rings. The maximum absolute atomic E-state index is 11.9. The van der Waals surface area contributed by atoms with Crippen LogP contribution in [0.15, 0.2) is 0 Å². The van der Waals surface area contributed by atoms with Gasteiger partial charge in [0.25, 0.3) is 0 Å². The molecule has 0 aromatic heterocycles. The van der Waals surface area contributed by atoms with Gasteiger partial charge in [-0.2, -0.15) is 0 Å². The fourth-order valence-electron chi connectivity index (χ4n) is 1.96. The van der Waals surface area contributed by atoms with E-state index in [1.165, 1.54) is 4.90 Å². The minimum absolute atomic E-state index is 0.148. The predicted octanol–water partition coefficient (Wildman–Crippen LogP) is -0.0920. The summed E-state index contributed by atoms with van der Waals surface area (Å²) in [6.07, 6.45) is 2.00. The Morgan fingerprint density at radius 3 is 2.68 bits per heavy atom. The lowest BCUT2D eigenvalue weighted by Gasteiger charge is -2.25. The minimum Gasteiger partial charge on any atom is -0.480 e. The van der Waals surface area contributed by atoms with Crippen LogP contribution in [0, 0.1) is 5.92 Å². The highest BCUT2D eigenvalue weighted by molar-refractivity contribution is 5.80. The average Bonchev–Trinajstić information content (AvgIpc) is 3.20. The molecule has 1 saturated carbocycles. The monoisotopic (exact) mass is 272 g/mol. The highest BCUT2D eigenvalue weighted by Gasteiger charge is 2.28. The summed E-state index contributed by atoms with van der Waals surface area (Å²) in [5, 5.41) is 11.5. The number of hydrogen-bond acceptors (Lipinski definition) is 4. The molecule has 2 fully saturated rings. The topological polar surface area (TPSA) is 88.1 Å². The van der Waals surface area contributed by atoms with Crippen molar-refractivity contribution >= 4 is 12.0 Å². The van der Waals surface area contributed by atoms with E-state index in [1.807, 2.05) is 0 Å². The van der Waals surface area contributed by atoms with Crippen LogP contribution in [-0.2, 0) is 14.3 Å². The lowest BCUT2D eigenvalue weighted by atomic mass is 10.3. The van der Waals surface area contributed by atoms with Crippen molar-refractivity contribution < 1.29 is 24.2 Å². The number of nitrogens with one attached hydrogen (secondary N) is 1. The van der Waals surface area contributed by atoms with Gasteiger partial charge < -0.3 is 24.8 Å². The minimum atomic E-state index is -0.993. The number of carboxylic acid groups (broad SMARTS) is 1. The molecule has 1 aliphatic carbocycles. The Hall–Kier alpha value is -1.34. The first-order valence-corrected chi connectivity index (χ1v) is 6.59. The third-order valence-electron chi connectivity index (χ3n) is 3.15. The fourth-order valence-corrected chi connectivity index (χ4v) is 1.96. The van der Waals surface area contributed by atoms with Crippen LogP contribution in [-0.4, -0.2) is 67.6 Å². The van der Waals surface area contributed by atoms with Gasteiger partial charge >= 0.3 is 12.0 Å². The Kier molecular flexibility index (Phi) is 4.98. The van der Waals surface area contributed by atoms with Gasteiger partial charge in [0.1, 0.15) is 6.54 Å². The van der Waals surface area contributed by atoms with Gasteiger partial charge in [0.15, 0.2) is 0 Å². The van der Waals surface area contributed by atoms with Gasteiger partial charge in [0, 0.05) is 13.1 Å². The zero-order chi connectivity index (χ0) is 13.7. The number of ether oxygens (including phenoxy) is 2. The Balaban J connectivity index is 1.74. The Morgan fingerprint density at radius 1 is 1.32 bits per heavy atom. The molecule has 1 unspecified atom stereocenters. The number of hydrogen-bond donors (Lipinski definition) is 2. The number of carboxylic acids is 1. The SMILES string of the molecule is O=C(O)CN(CC1CC1)C(=O)NCC1COCCO1. The summed E-state index contributed by atoms with van der Waals surface area (Å²) in [7, 11) is 0. The van der Waals surface area contributed by atoms with E-state index >= 15 is 0 Å². The molecule has 1 aliphatic heterocycles. The first kappa shape index (κ1) is 14.1. The van der Waals surface area contributed by atoms with Crippen LogP contribution in [0.25, 0.3) is 0 Å². The van der Waals surface area contributed by atoms with Crippen LogP contribution in [0.2, 0.25) is 0 Å². The second-order valence-corrected chi connectivity index (χ2v) is 4.97. The van der Waals surface area contributed by atoms with Gasteiger partial charge in [0.05, 0.1) is 25.9 Å². The van der Waals surface area contributed by atoms with Crippen molar-refractivity contribution in [3.8, 4) is 0 Å². The molecule has 1 heterocycles. The Labute approximate surface area is 111 Å². The molecule has 2 aliphatic rings. The number of carbonyl (C=O) groups is 2. The molecular weight excluding hydrogens is 252 g/mol. The van der Waals surface area contributed by atoms with E-state index in [9.17, 15) is 9.59 Å². The molecule has 19 heavy (non-hydrogen) atoms. The van der Waals surface area contributed by atoms with E-state index in [0.29, 0.717) is 38.8 Å². The van der Waals surface area contributed by atoms with E-state index < -0.39 is 5.97 Å². The first-order valence-electron chi connectivity index (χ1n) is 6.59. The van der Waals surface area contributed by atoms with Crippen LogP contribution in [0.1, 0.15) is 12.8 Å². The standard InChI is InChI=1S/C12H20N2O5/c15-11(16)7-14(6-9-1-2-9)12(17)13-5-10-8-18-3-4-19-10/h9-10H,1-8H2,(H,13,17)(H,15,16). The molecule has 2 amide bonds. The third-order valence-corrected chi connectivity index (χ3v) is 3.15. The summed E-state index contributed by atoms with van der Waals surface area (Å²) < 4.78 is 10.6. The average molecular weight is 272 g/mol. The maximum atomic E-state index is 11.9. The predicted molar refractivity (Wildman–Crippen MR) is 65.9 cm³/mol. The van der Waals surface area contributed by atoms with Gasteiger partial charge in [-0.1, -0.05) is 0 Å². The van der Waals surface area contributed by atoms with E-state index in [-0.39, 0.29) is 18.7 Å². The molecule has 0 radical (unpaired) electrons. The molecule has 2 N–H and O–H groups in total. The highest BCUT2D eigenvalue weighted by Crippen LogP contribution is 2.29. The number of rotatable bonds is 6. The molecular formula is C12H20N2O5. The summed E-state index contributed by atoms with van der Waals surface area (Å²) in [6.45, 7) is 2.17. The largest absolute Gasteiger partial charge is 0.480 e. The van der Waals surface area contributed by atoms with Crippen LogP contribution >= 0.6 is 0 Å². The Bertz CT molecular complexity index is 326. The summed E-state index contributed by atoms with van der Waals surface area (Å²) in [4.78, 5) is 24.0. The van der Waals surface area contributed by atoms with E-state index in [4.69, 9.17) is 14.6 Å². The maximum Gasteiger partial charge on any atom is 0.323 e. The van der Waals surface area contributed by atoms with Gasteiger partial charge in [-0.15, -0.1) is 0 Å². The number of urea groups is 1. The molecule has 0 aromatic carbocycles. The van der Waals surface area contributed by atoms with Crippen molar-refractivity contribution in [2.24, 2.45) is 5.92 Å². The van der Waals surface area contributed by atoms with Crippen molar-refractivity contribution in [2.75, 3.05) is 39.5 Å². The van der Waals surface area contributed by atoms with Crippen LogP contribution in [0.5, 0.6) is 0 Å². The van der Waals surface area contributed by atoms with E-state index in [0.717, 1.165) is 12.8 Å². The smallest absolute Gasteiger partial charge is 0.323 e. The molecule has 1 saturated heterocycles. The quantitative estimate of drug-likeness (QED) is 0.705. The fraction of sp³-hybridized carbons (Fsp3) is 0.833. The molecule has 1 atom stereocenters. The highest BCUT2D eigenvalue weighted by atomic mass is 16.6. The summed E-state index contributed by atoms with van der Waals surface area (Å²) >= 11 is 0. The molecule has 0 bridgehead atoms. The zero-order valence-electron chi connectivity index (χ0n) is 10.8. The number of aliphatic carboxylic acids is 1. The van der Waals surface area contributed by atoms with Gasteiger partial charge in [-0.25, -0.2) is 4.79 Å². The first-order chi connectivity index (χ1) is 9.15. The molecule has 7 nitrogen and oxygen atoms in total. The number of carbonyl (C=O) groups excluding carboxylic acids is 1. The van der Waals surface area contributed by atoms with Crippen molar-refractivity contribution in [1.29, 1.82) is 0 Å². The van der Waals surface area contributed by atoms with Crippen LogP contribution in [0.3, 0.4) is 0 Å². The van der Waals surface area contributed by atoms with Crippen molar-refractivity contribution in [3.63, 3.8) is 0 Å². The van der Waals surface area contributed by atoms with Crippen LogP contribution in [0.4, 0.5) is 4.79 Å². The molecule has 108 valence electrons.